The van der Waals surface area contributed by atoms with Gasteiger partial charge >= 0.3 is 12.0 Å². The molecule has 1 aliphatic rings. The first-order chi connectivity index (χ1) is 9.47. The highest BCUT2D eigenvalue weighted by atomic mass is 16.4. The molecule has 6 nitrogen and oxygen atoms in total. The standard InChI is InChI=1S/C14H27N3O3/c1-4-16(5-2)10-11(3)15-14(20)17-8-6-12(7-9-17)13(18)19/h11-12H,4-10H2,1-3H3,(H,15,20)(H,18,19). The summed E-state index contributed by atoms with van der Waals surface area (Å²) in [5.74, 6) is -1.05. The van der Waals surface area contributed by atoms with E-state index in [9.17, 15) is 9.59 Å². The number of nitrogens with zero attached hydrogens (tertiary/aromatic N) is 2. The summed E-state index contributed by atoms with van der Waals surface area (Å²) in [5, 5.41) is 11.9. The van der Waals surface area contributed by atoms with Gasteiger partial charge in [0.25, 0.3) is 0 Å². The smallest absolute Gasteiger partial charge is 0.317 e. The summed E-state index contributed by atoms with van der Waals surface area (Å²) in [6.45, 7) is 10.1. The highest BCUT2D eigenvalue weighted by Gasteiger charge is 2.27. The Hall–Kier alpha value is -1.30. The maximum absolute atomic E-state index is 12.1. The van der Waals surface area contributed by atoms with Crippen LogP contribution < -0.4 is 5.32 Å². The number of carboxylic acid groups (broad SMARTS) is 1. The van der Waals surface area contributed by atoms with E-state index < -0.39 is 5.97 Å². The normalized spacial score (nSPS) is 18.1. The van der Waals surface area contributed by atoms with E-state index in [0.29, 0.717) is 25.9 Å². The van der Waals surface area contributed by atoms with Crippen LogP contribution in [0.4, 0.5) is 4.79 Å². The molecule has 0 saturated carbocycles. The lowest BCUT2D eigenvalue weighted by molar-refractivity contribution is -0.143. The minimum Gasteiger partial charge on any atom is -0.481 e. The van der Waals surface area contributed by atoms with Gasteiger partial charge in [-0.05, 0) is 32.9 Å². The van der Waals surface area contributed by atoms with Crippen LogP contribution in [0.25, 0.3) is 0 Å². The van der Waals surface area contributed by atoms with Gasteiger partial charge in [-0.25, -0.2) is 4.79 Å². The zero-order valence-corrected chi connectivity index (χ0v) is 12.8. The van der Waals surface area contributed by atoms with E-state index in [4.69, 9.17) is 5.11 Å². The third-order valence-corrected chi connectivity index (χ3v) is 3.93. The molecule has 1 fully saturated rings. The van der Waals surface area contributed by atoms with E-state index in [0.717, 1.165) is 19.6 Å². The molecule has 0 aliphatic carbocycles. The van der Waals surface area contributed by atoms with Crippen molar-refractivity contribution in [2.75, 3.05) is 32.7 Å². The number of carbonyl (C=O) groups excluding carboxylic acids is 1. The zero-order valence-electron chi connectivity index (χ0n) is 12.8. The van der Waals surface area contributed by atoms with E-state index in [1.807, 2.05) is 6.92 Å². The van der Waals surface area contributed by atoms with Crippen molar-refractivity contribution in [2.24, 2.45) is 5.92 Å². The SMILES string of the molecule is CCN(CC)CC(C)NC(=O)N1CCC(C(=O)O)CC1. The molecule has 1 atom stereocenters. The Labute approximate surface area is 121 Å². The van der Waals surface area contributed by atoms with Crippen LogP contribution in [-0.4, -0.2) is 65.7 Å². The number of likely N-dealkylation sites (N-methyl/N-ethyl adjacent to an activating group) is 1. The molecule has 6 heteroatoms. The summed E-state index contributed by atoms with van der Waals surface area (Å²) in [7, 11) is 0. The summed E-state index contributed by atoms with van der Waals surface area (Å²) in [5.41, 5.74) is 0. The molecule has 1 unspecified atom stereocenters. The van der Waals surface area contributed by atoms with Gasteiger partial charge in [-0.2, -0.15) is 0 Å². The van der Waals surface area contributed by atoms with Crippen LogP contribution in [0.15, 0.2) is 0 Å². The molecular formula is C14H27N3O3. The molecular weight excluding hydrogens is 258 g/mol. The number of amides is 2. The van der Waals surface area contributed by atoms with Gasteiger partial charge in [-0.3, -0.25) is 4.79 Å². The van der Waals surface area contributed by atoms with E-state index in [-0.39, 0.29) is 18.0 Å². The van der Waals surface area contributed by atoms with E-state index in [1.54, 1.807) is 4.90 Å². The van der Waals surface area contributed by atoms with Crippen LogP contribution in [0.3, 0.4) is 0 Å². The molecule has 2 amide bonds. The Morgan fingerprint density at radius 3 is 2.30 bits per heavy atom. The molecule has 0 aromatic carbocycles. The minimum absolute atomic E-state index is 0.0755. The van der Waals surface area contributed by atoms with Gasteiger partial charge in [-0.15, -0.1) is 0 Å². The van der Waals surface area contributed by atoms with Crippen LogP contribution >= 0.6 is 0 Å². The second-order valence-corrected chi connectivity index (χ2v) is 5.44. The van der Waals surface area contributed by atoms with Crippen molar-refractivity contribution in [1.82, 2.24) is 15.1 Å². The number of carboxylic acids is 1. The number of aliphatic carboxylic acids is 1. The zero-order chi connectivity index (χ0) is 15.1. The molecule has 0 aromatic rings. The molecule has 0 spiro atoms. The first-order valence-electron chi connectivity index (χ1n) is 7.48. The molecule has 20 heavy (non-hydrogen) atoms. The number of urea groups is 1. The molecule has 1 saturated heterocycles. The van der Waals surface area contributed by atoms with Crippen LogP contribution in [0.2, 0.25) is 0 Å². The van der Waals surface area contributed by atoms with Crippen molar-refractivity contribution < 1.29 is 14.7 Å². The summed E-state index contributed by atoms with van der Waals surface area (Å²) in [6.07, 6.45) is 1.10. The average Bonchev–Trinajstić information content (AvgIpc) is 2.44. The van der Waals surface area contributed by atoms with Crippen molar-refractivity contribution in [3.63, 3.8) is 0 Å². The lowest BCUT2D eigenvalue weighted by Crippen LogP contribution is -2.50. The van der Waals surface area contributed by atoms with Crippen molar-refractivity contribution in [3.8, 4) is 0 Å². The van der Waals surface area contributed by atoms with Gasteiger partial charge in [0, 0.05) is 25.7 Å². The average molecular weight is 285 g/mol. The largest absolute Gasteiger partial charge is 0.481 e. The predicted octanol–water partition coefficient (Wildman–Crippen LogP) is 1.22. The molecule has 0 aromatic heterocycles. The Kier molecular flexibility index (Phi) is 6.78. The summed E-state index contributed by atoms with van der Waals surface area (Å²) in [4.78, 5) is 26.9. The molecule has 1 rings (SSSR count). The third kappa shape index (κ3) is 5.00. The van der Waals surface area contributed by atoms with Crippen LogP contribution in [0, 0.1) is 5.92 Å². The number of carbonyl (C=O) groups is 2. The fourth-order valence-electron chi connectivity index (χ4n) is 2.55. The van der Waals surface area contributed by atoms with Crippen molar-refractivity contribution in [1.29, 1.82) is 0 Å². The van der Waals surface area contributed by atoms with Gasteiger partial charge in [-0.1, -0.05) is 13.8 Å². The Bertz CT molecular complexity index is 324. The topological polar surface area (TPSA) is 72.9 Å². The molecule has 116 valence electrons. The molecule has 1 aliphatic heterocycles. The van der Waals surface area contributed by atoms with Gasteiger partial charge in [0.15, 0.2) is 0 Å². The van der Waals surface area contributed by atoms with E-state index in [2.05, 4.69) is 24.1 Å². The highest BCUT2D eigenvalue weighted by Crippen LogP contribution is 2.17. The van der Waals surface area contributed by atoms with Crippen LogP contribution in [0.1, 0.15) is 33.6 Å². The number of nitrogens with one attached hydrogen (secondary N) is 1. The fourth-order valence-corrected chi connectivity index (χ4v) is 2.55. The Morgan fingerprint density at radius 2 is 1.85 bits per heavy atom. The first kappa shape index (κ1) is 16.8. The fraction of sp³-hybridized carbons (Fsp3) is 0.857. The lowest BCUT2D eigenvalue weighted by atomic mass is 9.97. The minimum atomic E-state index is -0.750. The summed E-state index contributed by atoms with van der Waals surface area (Å²) >= 11 is 0. The second kappa shape index (κ2) is 8.09. The number of likely N-dealkylation sites (tertiary alicyclic amines) is 1. The number of piperidine rings is 1. The maximum atomic E-state index is 12.1. The third-order valence-electron chi connectivity index (χ3n) is 3.93. The van der Waals surface area contributed by atoms with Crippen LogP contribution in [0.5, 0.6) is 0 Å². The second-order valence-electron chi connectivity index (χ2n) is 5.44. The van der Waals surface area contributed by atoms with Crippen molar-refractivity contribution in [2.45, 2.75) is 39.7 Å². The summed E-state index contributed by atoms with van der Waals surface area (Å²) < 4.78 is 0. The quantitative estimate of drug-likeness (QED) is 0.769. The Morgan fingerprint density at radius 1 is 1.30 bits per heavy atom. The monoisotopic (exact) mass is 285 g/mol. The highest BCUT2D eigenvalue weighted by molar-refractivity contribution is 5.75. The molecule has 1 heterocycles. The molecule has 0 bridgehead atoms. The summed E-state index contributed by atoms with van der Waals surface area (Å²) in [6, 6.07) is 0.0214. The molecule has 0 radical (unpaired) electrons. The number of rotatable bonds is 6. The van der Waals surface area contributed by atoms with Gasteiger partial charge in [0.1, 0.15) is 0 Å². The van der Waals surface area contributed by atoms with Gasteiger partial charge in [0.2, 0.25) is 0 Å². The van der Waals surface area contributed by atoms with Crippen LogP contribution in [-0.2, 0) is 4.79 Å². The van der Waals surface area contributed by atoms with Gasteiger partial charge in [0.05, 0.1) is 5.92 Å². The van der Waals surface area contributed by atoms with E-state index in [1.165, 1.54) is 0 Å². The Balaban J connectivity index is 2.34. The number of hydrogen-bond donors (Lipinski definition) is 2. The van der Waals surface area contributed by atoms with E-state index >= 15 is 0 Å². The van der Waals surface area contributed by atoms with Gasteiger partial charge < -0.3 is 20.2 Å². The maximum Gasteiger partial charge on any atom is 0.317 e. The molecule has 2 N–H and O–H groups in total. The lowest BCUT2D eigenvalue weighted by Gasteiger charge is -2.32. The predicted molar refractivity (Wildman–Crippen MR) is 77.7 cm³/mol. The van der Waals surface area contributed by atoms with Crippen molar-refractivity contribution in [3.05, 3.63) is 0 Å². The first-order valence-corrected chi connectivity index (χ1v) is 7.48. The number of hydrogen-bond acceptors (Lipinski definition) is 3. The van der Waals surface area contributed by atoms with Crippen molar-refractivity contribution >= 4 is 12.0 Å².